The van der Waals surface area contributed by atoms with Crippen LogP contribution in [0.1, 0.15) is 55.5 Å². The SMILES string of the molecule is CN=C(NCc1ccc(C(=O)NCC(N)=O)cc1)NC1CCC(C(C)C)CC1. The van der Waals surface area contributed by atoms with Gasteiger partial charge in [0, 0.05) is 25.2 Å². The molecule has 2 amide bonds. The van der Waals surface area contributed by atoms with E-state index in [0.717, 1.165) is 23.4 Å². The van der Waals surface area contributed by atoms with E-state index >= 15 is 0 Å². The molecule has 0 unspecified atom stereocenters. The van der Waals surface area contributed by atoms with Crippen LogP contribution in [-0.4, -0.2) is 37.4 Å². The van der Waals surface area contributed by atoms with Gasteiger partial charge in [-0.05, 0) is 55.2 Å². The first-order chi connectivity index (χ1) is 13.4. The molecule has 0 atom stereocenters. The zero-order valence-electron chi connectivity index (χ0n) is 17.1. The van der Waals surface area contributed by atoms with Gasteiger partial charge in [0.2, 0.25) is 5.91 Å². The highest BCUT2D eigenvalue weighted by Gasteiger charge is 2.23. The fraction of sp³-hybridized carbons (Fsp3) is 0.571. The third-order valence-corrected chi connectivity index (χ3v) is 5.38. The van der Waals surface area contributed by atoms with Crippen LogP contribution < -0.4 is 21.7 Å². The highest BCUT2D eigenvalue weighted by atomic mass is 16.2. The number of rotatable bonds is 7. The van der Waals surface area contributed by atoms with Crippen molar-refractivity contribution in [2.45, 2.75) is 52.1 Å². The summed E-state index contributed by atoms with van der Waals surface area (Å²) >= 11 is 0. The van der Waals surface area contributed by atoms with Crippen molar-refractivity contribution in [3.8, 4) is 0 Å². The molecule has 1 aliphatic carbocycles. The Labute approximate surface area is 167 Å². The number of guanidine groups is 1. The molecule has 0 radical (unpaired) electrons. The molecule has 0 saturated heterocycles. The lowest BCUT2D eigenvalue weighted by Gasteiger charge is -2.32. The minimum atomic E-state index is -0.564. The lowest BCUT2D eigenvalue weighted by Crippen LogP contribution is -2.44. The van der Waals surface area contributed by atoms with Gasteiger partial charge in [0.15, 0.2) is 5.96 Å². The minimum absolute atomic E-state index is 0.163. The van der Waals surface area contributed by atoms with E-state index in [1.807, 2.05) is 12.1 Å². The summed E-state index contributed by atoms with van der Waals surface area (Å²) in [6.07, 6.45) is 4.90. The van der Waals surface area contributed by atoms with E-state index in [-0.39, 0.29) is 12.5 Å². The number of carbonyl (C=O) groups is 2. The maximum Gasteiger partial charge on any atom is 0.251 e. The Kier molecular flexibility index (Phi) is 8.29. The molecule has 5 N–H and O–H groups in total. The summed E-state index contributed by atoms with van der Waals surface area (Å²) in [6, 6.07) is 7.70. The minimum Gasteiger partial charge on any atom is -0.368 e. The monoisotopic (exact) mass is 387 g/mol. The molecule has 28 heavy (non-hydrogen) atoms. The fourth-order valence-corrected chi connectivity index (χ4v) is 3.55. The van der Waals surface area contributed by atoms with Gasteiger partial charge in [-0.3, -0.25) is 14.6 Å². The summed E-state index contributed by atoms with van der Waals surface area (Å²) in [4.78, 5) is 27.0. The quantitative estimate of drug-likeness (QED) is 0.422. The van der Waals surface area contributed by atoms with Crippen molar-refractivity contribution >= 4 is 17.8 Å². The molecule has 2 rings (SSSR count). The Morgan fingerprint density at radius 1 is 1.11 bits per heavy atom. The molecular formula is C21H33N5O2. The smallest absolute Gasteiger partial charge is 0.251 e. The number of nitrogens with one attached hydrogen (secondary N) is 3. The highest BCUT2D eigenvalue weighted by Crippen LogP contribution is 2.29. The van der Waals surface area contributed by atoms with Gasteiger partial charge >= 0.3 is 0 Å². The van der Waals surface area contributed by atoms with E-state index in [9.17, 15) is 9.59 Å². The number of nitrogens with two attached hydrogens (primary N) is 1. The number of carbonyl (C=O) groups excluding carboxylic acids is 2. The van der Waals surface area contributed by atoms with Crippen LogP contribution in [-0.2, 0) is 11.3 Å². The molecule has 1 fully saturated rings. The van der Waals surface area contributed by atoms with Crippen LogP contribution in [0.25, 0.3) is 0 Å². The van der Waals surface area contributed by atoms with Crippen molar-refractivity contribution in [3.63, 3.8) is 0 Å². The largest absolute Gasteiger partial charge is 0.368 e. The third kappa shape index (κ3) is 6.87. The summed E-state index contributed by atoms with van der Waals surface area (Å²) in [5, 5.41) is 9.33. The van der Waals surface area contributed by atoms with Gasteiger partial charge in [0.25, 0.3) is 5.91 Å². The summed E-state index contributed by atoms with van der Waals surface area (Å²) in [7, 11) is 1.78. The normalized spacial score (nSPS) is 19.9. The molecule has 7 heteroatoms. The number of primary amides is 1. The molecule has 0 heterocycles. The Bertz CT molecular complexity index is 677. The lowest BCUT2D eigenvalue weighted by atomic mass is 9.80. The van der Waals surface area contributed by atoms with Crippen LogP contribution in [0.4, 0.5) is 0 Å². The standard InChI is InChI=1S/C21H33N5O2/c1-14(2)16-8-10-18(11-9-16)26-21(23-3)25-12-15-4-6-17(7-5-15)20(28)24-13-19(22)27/h4-7,14,16,18H,8-13H2,1-3H3,(H2,22,27)(H,24,28)(H2,23,25,26). The van der Waals surface area contributed by atoms with Gasteiger partial charge in [-0.1, -0.05) is 26.0 Å². The maximum atomic E-state index is 11.9. The molecule has 0 spiro atoms. The van der Waals surface area contributed by atoms with Crippen molar-refractivity contribution < 1.29 is 9.59 Å². The summed E-state index contributed by atoms with van der Waals surface area (Å²) in [5.41, 5.74) is 6.57. The van der Waals surface area contributed by atoms with Crippen molar-refractivity contribution in [2.75, 3.05) is 13.6 Å². The second-order valence-electron chi connectivity index (χ2n) is 7.77. The average molecular weight is 388 g/mol. The molecule has 0 aliphatic heterocycles. The molecule has 1 aliphatic rings. The number of hydrogen-bond acceptors (Lipinski definition) is 3. The molecule has 0 bridgehead atoms. The van der Waals surface area contributed by atoms with Gasteiger partial charge in [0.05, 0.1) is 6.54 Å². The summed E-state index contributed by atoms with van der Waals surface area (Å²) < 4.78 is 0. The van der Waals surface area contributed by atoms with Crippen LogP contribution in [0.5, 0.6) is 0 Å². The molecule has 1 saturated carbocycles. The van der Waals surface area contributed by atoms with Gasteiger partial charge < -0.3 is 21.7 Å². The predicted octanol–water partition coefficient (Wildman–Crippen LogP) is 1.78. The van der Waals surface area contributed by atoms with Crippen LogP contribution in [0.15, 0.2) is 29.3 Å². The van der Waals surface area contributed by atoms with Crippen LogP contribution >= 0.6 is 0 Å². The first-order valence-corrected chi connectivity index (χ1v) is 10.0. The van der Waals surface area contributed by atoms with Crippen LogP contribution in [0, 0.1) is 11.8 Å². The summed E-state index contributed by atoms with van der Waals surface area (Å²) in [6.45, 7) is 5.07. The maximum absolute atomic E-state index is 11.9. The lowest BCUT2D eigenvalue weighted by molar-refractivity contribution is -0.117. The van der Waals surface area contributed by atoms with Crippen molar-refractivity contribution in [1.82, 2.24) is 16.0 Å². The highest BCUT2D eigenvalue weighted by molar-refractivity contribution is 5.96. The predicted molar refractivity (Wildman–Crippen MR) is 112 cm³/mol. The molecule has 1 aromatic rings. The Morgan fingerprint density at radius 3 is 2.29 bits per heavy atom. The summed E-state index contributed by atoms with van der Waals surface area (Å²) in [5.74, 6) is 1.53. The zero-order valence-corrected chi connectivity index (χ0v) is 17.1. The van der Waals surface area contributed by atoms with Crippen molar-refractivity contribution in [3.05, 3.63) is 35.4 Å². The van der Waals surface area contributed by atoms with Crippen molar-refractivity contribution in [2.24, 2.45) is 22.6 Å². The topological polar surface area (TPSA) is 109 Å². The zero-order chi connectivity index (χ0) is 20.5. The molecule has 154 valence electrons. The Hall–Kier alpha value is -2.57. The van der Waals surface area contributed by atoms with Crippen LogP contribution in [0.3, 0.4) is 0 Å². The first kappa shape index (κ1) is 21.7. The van der Waals surface area contributed by atoms with E-state index in [1.165, 1.54) is 25.7 Å². The van der Waals surface area contributed by atoms with E-state index in [2.05, 4.69) is 34.8 Å². The van der Waals surface area contributed by atoms with Crippen molar-refractivity contribution in [1.29, 1.82) is 0 Å². The van der Waals surface area contributed by atoms with Gasteiger partial charge in [-0.15, -0.1) is 0 Å². The number of aliphatic imine (C=N–C) groups is 1. The Morgan fingerprint density at radius 2 is 1.75 bits per heavy atom. The number of amides is 2. The second-order valence-corrected chi connectivity index (χ2v) is 7.77. The third-order valence-electron chi connectivity index (χ3n) is 5.38. The molecular weight excluding hydrogens is 354 g/mol. The van der Waals surface area contributed by atoms with Crippen LogP contribution in [0.2, 0.25) is 0 Å². The van der Waals surface area contributed by atoms with E-state index < -0.39 is 5.91 Å². The first-order valence-electron chi connectivity index (χ1n) is 10.0. The van der Waals surface area contributed by atoms with Gasteiger partial charge in [0.1, 0.15) is 0 Å². The molecule has 1 aromatic carbocycles. The number of nitrogens with zero attached hydrogens (tertiary/aromatic N) is 1. The van der Waals surface area contributed by atoms with Gasteiger partial charge in [-0.2, -0.15) is 0 Å². The molecule has 0 aromatic heterocycles. The van der Waals surface area contributed by atoms with E-state index in [4.69, 9.17) is 5.73 Å². The van der Waals surface area contributed by atoms with E-state index in [1.54, 1.807) is 19.2 Å². The van der Waals surface area contributed by atoms with Gasteiger partial charge in [-0.25, -0.2) is 0 Å². The number of benzene rings is 1. The fourth-order valence-electron chi connectivity index (χ4n) is 3.55. The second kappa shape index (κ2) is 10.7. The Balaban J connectivity index is 1.79. The molecule has 7 nitrogen and oxygen atoms in total. The average Bonchev–Trinajstić information content (AvgIpc) is 2.70. The number of hydrogen-bond donors (Lipinski definition) is 4. The van der Waals surface area contributed by atoms with E-state index in [0.29, 0.717) is 18.2 Å².